The molecule has 2 atom stereocenters. The van der Waals surface area contributed by atoms with E-state index in [4.69, 9.17) is 5.11 Å². The van der Waals surface area contributed by atoms with Crippen LogP contribution in [-0.2, 0) is 11.3 Å². The van der Waals surface area contributed by atoms with Gasteiger partial charge in [0.25, 0.3) is 0 Å². The summed E-state index contributed by atoms with van der Waals surface area (Å²) >= 11 is 1.55. The van der Waals surface area contributed by atoms with Gasteiger partial charge in [-0.15, -0.1) is 11.3 Å². The molecule has 0 fully saturated rings. The Morgan fingerprint density at radius 3 is 2.80 bits per heavy atom. The normalized spacial score (nSPS) is 15.2. The van der Waals surface area contributed by atoms with Crippen LogP contribution < -0.4 is 0 Å². The van der Waals surface area contributed by atoms with Gasteiger partial charge in [0.05, 0.1) is 17.1 Å². The Morgan fingerprint density at radius 2 is 2.33 bits per heavy atom. The number of aliphatic carboxylic acids is 1. The quantitative estimate of drug-likeness (QED) is 0.833. The van der Waals surface area contributed by atoms with E-state index in [9.17, 15) is 4.79 Å². The van der Waals surface area contributed by atoms with Crippen LogP contribution in [0.2, 0.25) is 0 Å². The lowest BCUT2D eigenvalue weighted by Crippen LogP contribution is -2.37. The van der Waals surface area contributed by atoms with Crippen LogP contribution in [0, 0.1) is 5.92 Å². The van der Waals surface area contributed by atoms with E-state index in [2.05, 4.69) is 4.98 Å². The predicted octanol–water partition coefficient (Wildman–Crippen LogP) is 1.68. The van der Waals surface area contributed by atoms with Gasteiger partial charge in [0.1, 0.15) is 0 Å². The second kappa shape index (κ2) is 5.23. The Bertz CT molecular complexity index is 313. The summed E-state index contributed by atoms with van der Waals surface area (Å²) in [5.41, 5.74) is 2.78. The molecule has 1 N–H and O–H groups in total. The number of hydrogen-bond donors (Lipinski definition) is 1. The summed E-state index contributed by atoms with van der Waals surface area (Å²) in [5, 5.41) is 10.9. The maximum Gasteiger partial charge on any atom is 0.307 e. The van der Waals surface area contributed by atoms with Gasteiger partial charge in [0.2, 0.25) is 0 Å². The molecule has 0 saturated carbocycles. The maximum absolute atomic E-state index is 10.8. The Morgan fingerprint density at radius 1 is 1.67 bits per heavy atom. The van der Waals surface area contributed by atoms with Crippen LogP contribution in [0.25, 0.3) is 0 Å². The minimum absolute atomic E-state index is 0.00389. The fourth-order valence-corrected chi connectivity index (χ4v) is 1.85. The number of carboxylic acid groups (broad SMARTS) is 1. The van der Waals surface area contributed by atoms with E-state index in [-0.39, 0.29) is 12.0 Å². The van der Waals surface area contributed by atoms with Gasteiger partial charge in [-0.25, -0.2) is 4.98 Å². The molecule has 0 aliphatic heterocycles. The molecule has 4 nitrogen and oxygen atoms in total. The first-order chi connectivity index (χ1) is 7.02. The Hall–Kier alpha value is -0.940. The van der Waals surface area contributed by atoms with Gasteiger partial charge >= 0.3 is 5.97 Å². The van der Waals surface area contributed by atoms with Crippen molar-refractivity contribution in [2.75, 3.05) is 7.05 Å². The molecule has 2 unspecified atom stereocenters. The van der Waals surface area contributed by atoms with E-state index in [1.807, 2.05) is 24.3 Å². The van der Waals surface area contributed by atoms with Crippen molar-refractivity contribution >= 4 is 17.3 Å². The van der Waals surface area contributed by atoms with Crippen molar-refractivity contribution in [3.8, 4) is 0 Å². The van der Waals surface area contributed by atoms with Gasteiger partial charge < -0.3 is 5.11 Å². The summed E-state index contributed by atoms with van der Waals surface area (Å²) in [4.78, 5) is 17.0. The van der Waals surface area contributed by atoms with Crippen LogP contribution in [-0.4, -0.2) is 34.0 Å². The molecular formula is C10H16N2O2S. The zero-order chi connectivity index (χ0) is 11.4. The van der Waals surface area contributed by atoms with Crippen molar-refractivity contribution in [3.05, 3.63) is 16.6 Å². The van der Waals surface area contributed by atoms with Crippen LogP contribution >= 0.6 is 11.3 Å². The molecule has 0 aromatic carbocycles. The molecule has 1 aromatic rings. The number of aromatic nitrogens is 1. The van der Waals surface area contributed by atoms with E-state index in [1.54, 1.807) is 23.8 Å². The molecule has 0 radical (unpaired) electrons. The van der Waals surface area contributed by atoms with Gasteiger partial charge in [-0.2, -0.15) is 0 Å². The van der Waals surface area contributed by atoms with Crippen LogP contribution in [0.15, 0.2) is 10.9 Å². The van der Waals surface area contributed by atoms with E-state index < -0.39 is 5.97 Å². The fraction of sp³-hybridized carbons (Fsp3) is 0.600. The zero-order valence-electron chi connectivity index (χ0n) is 9.17. The molecule has 0 saturated heterocycles. The molecule has 0 aliphatic carbocycles. The molecule has 1 heterocycles. The second-order valence-corrected chi connectivity index (χ2v) is 4.48. The number of nitrogens with zero attached hydrogens (tertiary/aromatic N) is 2. The highest BCUT2D eigenvalue weighted by Gasteiger charge is 2.23. The van der Waals surface area contributed by atoms with E-state index >= 15 is 0 Å². The predicted molar refractivity (Wildman–Crippen MR) is 59.8 cm³/mol. The van der Waals surface area contributed by atoms with Gasteiger partial charge in [-0.3, -0.25) is 9.69 Å². The summed E-state index contributed by atoms with van der Waals surface area (Å²) < 4.78 is 0. The number of carbonyl (C=O) groups is 1. The maximum atomic E-state index is 10.8. The third kappa shape index (κ3) is 3.28. The number of thiazole rings is 1. The zero-order valence-corrected chi connectivity index (χ0v) is 9.99. The van der Waals surface area contributed by atoms with Crippen molar-refractivity contribution in [2.24, 2.45) is 5.92 Å². The molecule has 0 amide bonds. The Kier molecular flexibility index (Phi) is 4.23. The minimum Gasteiger partial charge on any atom is -0.481 e. The molecule has 84 valence electrons. The molecule has 0 aliphatic rings. The number of rotatable bonds is 5. The number of hydrogen-bond acceptors (Lipinski definition) is 4. The SMILES string of the molecule is CC(C(=O)O)C(C)N(C)Cc1cscn1. The number of carboxylic acids is 1. The smallest absolute Gasteiger partial charge is 0.307 e. The Labute approximate surface area is 93.6 Å². The lowest BCUT2D eigenvalue weighted by atomic mass is 10.0. The summed E-state index contributed by atoms with van der Waals surface area (Å²) in [5.74, 6) is -1.12. The van der Waals surface area contributed by atoms with Crippen molar-refractivity contribution in [1.82, 2.24) is 9.88 Å². The molecule has 5 heteroatoms. The lowest BCUT2D eigenvalue weighted by Gasteiger charge is -2.26. The van der Waals surface area contributed by atoms with Gasteiger partial charge in [0.15, 0.2) is 0 Å². The lowest BCUT2D eigenvalue weighted by molar-refractivity contribution is -0.143. The molecule has 1 rings (SSSR count). The molecule has 1 aromatic heterocycles. The van der Waals surface area contributed by atoms with Crippen LogP contribution in [0.5, 0.6) is 0 Å². The average molecular weight is 228 g/mol. The van der Waals surface area contributed by atoms with Crippen molar-refractivity contribution in [1.29, 1.82) is 0 Å². The van der Waals surface area contributed by atoms with Gasteiger partial charge in [-0.1, -0.05) is 6.92 Å². The summed E-state index contributed by atoms with van der Waals surface area (Å²) in [6.45, 7) is 4.35. The summed E-state index contributed by atoms with van der Waals surface area (Å²) in [6, 6.07) is 0.00389. The summed E-state index contributed by atoms with van der Waals surface area (Å²) in [6.07, 6.45) is 0. The van der Waals surface area contributed by atoms with Crippen molar-refractivity contribution in [3.63, 3.8) is 0 Å². The van der Waals surface area contributed by atoms with Crippen LogP contribution in [0.3, 0.4) is 0 Å². The summed E-state index contributed by atoms with van der Waals surface area (Å²) in [7, 11) is 1.92. The first-order valence-electron chi connectivity index (χ1n) is 4.82. The molecule has 0 bridgehead atoms. The van der Waals surface area contributed by atoms with Crippen LogP contribution in [0.1, 0.15) is 19.5 Å². The second-order valence-electron chi connectivity index (χ2n) is 3.76. The minimum atomic E-state index is -0.757. The van der Waals surface area contributed by atoms with Gasteiger partial charge in [-0.05, 0) is 14.0 Å². The standard InChI is InChI=1S/C10H16N2O2S/c1-7(10(13)14)8(2)12(3)4-9-5-15-6-11-9/h5-8H,4H2,1-3H3,(H,13,14). The van der Waals surface area contributed by atoms with Gasteiger partial charge in [0, 0.05) is 18.0 Å². The highest BCUT2D eigenvalue weighted by atomic mass is 32.1. The first-order valence-corrected chi connectivity index (χ1v) is 5.76. The topological polar surface area (TPSA) is 53.4 Å². The third-order valence-corrected chi connectivity index (χ3v) is 3.34. The highest BCUT2D eigenvalue weighted by Crippen LogP contribution is 2.13. The van der Waals surface area contributed by atoms with Crippen LogP contribution in [0.4, 0.5) is 0 Å². The largest absolute Gasteiger partial charge is 0.481 e. The first kappa shape index (κ1) is 12.1. The van der Waals surface area contributed by atoms with E-state index in [0.717, 1.165) is 5.69 Å². The monoisotopic (exact) mass is 228 g/mol. The highest BCUT2D eigenvalue weighted by molar-refractivity contribution is 7.07. The molecular weight excluding hydrogens is 212 g/mol. The van der Waals surface area contributed by atoms with E-state index in [1.165, 1.54) is 0 Å². The molecule has 0 spiro atoms. The van der Waals surface area contributed by atoms with E-state index in [0.29, 0.717) is 6.54 Å². The van der Waals surface area contributed by atoms with Crippen molar-refractivity contribution in [2.45, 2.75) is 26.4 Å². The Balaban J connectivity index is 2.53. The molecule has 15 heavy (non-hydrogen) atoms. The fourth-order valence-electron chi connectivity index (χ4n) is 1.30. The average Bonchev–Trinajstić information content (AvgIpc) is 2.67. The van der Waals surface area contributed by atoms with Crippen molar-refractivity contribution < 1.29 is 9.90 Å². The third-order valence-electron chi connectivity index (χ3n) is 2.70.